The first-order valence-corrected chi connectivity index (χ1v) is 12.0. The molecule has 2 aliphatic heterocycles. The molecule has 0 aliphatic carbocycles. The van der Waals surface area contributed by atoms with Crippen LogP contribution >= 0.6 is 0 Å². The molecule has 1 saturated heterocycles. The average molecular weight is 458 g/mol. The molecule has 1 amide bonds. The zero-order valence-corrected chi connectivity index (χ0v) is 19.4. The molecule has 1 fully saturated rings. The van der Waals surface area contributed by atoms with Crippen LogP contribution in [-0.2, 0) is 4.79 Å². The Morgan fingerprint density at radius 1 is 0.824 bits per heavy atom. The third-order valence-electron chi connectivity index (χ3n) is 6.53. The smallest absolute Gasteiger partial charge is 0.241 e. The number of rotatable bonds is 7. The molecule has 2 aliphatic rings. The summed E-state index contributed by atoms with van der Waals surface area (Å²) in [5.74, 6) is 1.79. The van der Waals surface area contributed by atoms with E-state index in [9.17, 15) is 4.79 Å². The van der Waals surface area contributed by atoms with Gasteiger partial charge in [0.15, 0.2) is 0 Å². The Bertz CT molecular complexity index is 1070. The summed E-state index contributed by atoms with van der Waals surface area (Å²) >= 11 is 0. The predicted molar refractivity (Wildman–Crippen MR) is 133 cm³/mol. The minimum atomic E-state index is -0.125. The van der Waals surface area contributed by atoms with Gasteiger partial charge in [0.1, 0.15) is 24.7 Å². The Kier molecular flexibility index (Phi) is 7.08. The van der Waals surface area contributed by atoms with Crippen LogP contribution in [-0.4, -0.2) is 68.2 Å². The van der Waals surface area contributed by atoms with Crippen LogP contribution in [0.15, 0.2) is 84.9 Å². The zero-order valence-electron chi connectivity index (χ0n) is 19.4. The van der Waals surface area contributed by atoms with Crippen molar-refractivity contribution in [3.05, 3.63) is 90.5 Å². The van der Waals surface area contributed by atoms with Crippen LogP contribution in [0, 0.1) is 0 Å². The van der Waals surface area contributed by atoms with Crippen molar-refractivity contribution in [2.24, 2.45) is 0 Å². The second-order valence-corrected chi connectivity index (χ2v) is 8.75. The van der Waals surface area contributed by atoms with Gasteiger partial charge in [0.05, 0.1) is 18.3 Å². The van der Waals surface area contributed by atoms with Gasteiger partial charge < -0.3 is 9.47 Å². The van der Waals surface area contributed by atoms with E-state index in [-0.39, 0.29) is 11.9 Å². The number of nitrogens with zero attached hydrogens (tertiary/aromatic N) is 3. The molecule has 5 rings (SSSR count). The summed E-state index contributed by atoms with van der Waals surface area (Å²) in [6, 6.07) is 27.8. The summed E-state index contributed by atoms with van der Waals surface area (Å²) < 4.78 is 11.9. The minimum Gasteiger partial charge on any atom is -0.492 e. The molecule has 0 saturated carbocycles. The third-order valence-corrected chi connectivity index (χ3v) is 6.53. The van der Waals surface area contributed by atoms with E-state index in [2.05, 4.69) is 21.9 Å². The maximum absolute atomic E-state index is 13.6. The molecular formula is C28H31N3O3. The molecule has 2 heterocycles. The van der Waals surface area contributed by atoms with E-state index < -0.39 is 0 Å². The number of ether oxygens (including phenoxy) is 2. The first-order chi connectivity index (χ1) is 16.8. The van der Waals surface area contributed by atoms with Crippen LogP contribution < -0.4 is 14.4 Å². The van der Waals surface area contributed by atoms with E-state index in [0.29, 0.717) is 19.8 Å². The summed E-state index contributed by atoms with van der Waals surface area (Å²) in [5.41, 5.74) is 1.94. The van der Waals surface area contributed by atoms with Crippen LogP contribution in [0.2, 0.25) is 0 Å². The van der Waals surface area contributed by atoms with Gasteiger partial charge in [-0.05, 0) is 29.8 Å². The number of carbonyl (C=O) groups is 1. The number of benzene rings is 3. The van der Waals surface area contributed by atoms with Gasteiger partial charge in [-0.1, -0.05) is 60.7 Å². The molecule has 0 radical (unpaired) electrons. The maximum atomic E-state index is 13.6. The number of para-hydroxylation sites is 3. The van der Waals surface area contributed by atoms with Gasteiger partial charge >= 0.3 is 0 Å². The Balaban J connectivity index is 1.18. The topological polar surface area (TPSA) is 45.2 Å². The highest BCUT2D eigenvalue weighted by Gasteiger charge is 2.34. The van der Waals surface area contributed by atoms with Crippen molar-refractivity contribution in [1.82, 2.24) is 9.80 Å². The number of hydrogen-bond donors (Lipinski definition) is 0. The molecule has 176 valence electrons. The number of hydrogen-bond acceptors (Lipinski definition) is 5. The molecule has 3 aromatic rings. The van der Waals surface area contributed by atoms with E-state index in [4.69, 9.17) is 9.47 Å². The largest absolute Gasteiger partial charge is 0.492 e. The molecular weight excluding hydrogens is 426 g/mol. The van der Waals surface area contributed by atoms with E-state index >= 15 is 0 Å². The lowest BCUT2D eigenvalue weighted by Crippen LogP contribution is -2.52. The van der Waals surface area contributed by atoms with Gasteiger partial charge in [-0.3, -0.25) is 19.5 Å². The molecule has 6 nitrogen and oxygen atoms in total. The fourth-order valence-corrected chi connectivity index (χ4v) is 4.67. The van der Waals surface area contributed by atoms with Crippen molar-refractivity contribution in [1.29, 1.82) is 0 Å². The molecule has 1 atom stereocenters. The predicted octanol–water partition coefficient (Wildman–Crippen LogP) is 3.85. The second kappa shape index (κ2) is 10.7. The lowest BCUT2D eigenvalue weighted by Gasteiger charge is -2.39. The van der Waals surface area contributed by atoms with Gasteiger partial charge in [0.25, 0.3) is 0 Å². The normalized spacial score (nSPS) is 18.7. The molecule has 3 aromatic carbocycles. The molecule has 34 heavy (non-hydrogen) atoms. The highest BCUT2D eigenvalue weighted by Crippen LogP contribution is 2.39. The van der Waals surface area contributed by atoms with Crippen LogP contribution in [0.3, 0.4) is 0 Å². The van der Waals surface area contributed by atoms with Crippen LogP contribution in [0.25, 0.3) is 0 Å². The third kappa shape index (κ3) is 5.24. The molecule has 1 unspecified atom stereocenters. The molecule has 0 spiro atoms. The van der Waals surface area contributed by atoms with Crippen molar-refractivity contribution >= 4 is 11.6 Å². The second-order valence-electron chi connectivity index (χ2n) is 8.75. The van der Waals surface area contributed by atoms with Crippen molar-refractivity contribution in [2.45, 2.75) is 6.04 Å². The van der Waals surface area contributed by atoms with Crippen LogP contribution in [0.4, 0.5) is 5.69 Å². The summed E-state index contributed by atoms with van der Waals surface area (Å²) in [4.78, 5) is 20.2. The first kappa shape index (κ1) is 22.4. The maximum Gasteiger partial charge on any atom is 0.241 e. The zero-order chi connectivity index (χ0) is 23.2. The molecule has 0 N–H and O–H groups in total. The van der Waals surface area contributed by atoms with Gasteiger partial charge in [-0.2, -0.15) is 0 Å². The van der Waals surface area contributed by atoms with Gasteiger partial charge in [-0.25, -0.2) is 0 Å². The van der Waals surface area contributed by atoms with Crippen molar-refractivity contribution in [3.63, 3.8) is 0 Å². The van der Waals surface area contributed by atoms with E-state index in [1.807, 2.05) is 77.7 Å². The standard InChI is InChI=1S/C28H31N3O3/c32-28(21-30-17-15-29(16-18-30)19-20-33-24-11-5-2-6-12-24)31-25-13-7-8-14-27(25)34-22-26(31)23-9-3-1-4-10-23/h1-14,26H,15-22H2. The SMILES string of the molecule is O=C(CN1CCN(CCOc2ccccc2)CC1)N1c2ccccc2OCC1c1ccccc1. The summed E-state index contributed by atoms with van der Waals surface area (Å²) in [7, 11) is 0. The quantitative estimate of drug-likeness (QED) is 0.539. The van der Waals surface area contributed by atoms with Crippen LogP contribution in [0.5, 0.6) is 11.5 Å². The average Bonchev–Trinajstić information content (AvgIpc) is 2.90. The highest BCUT2D eigenvalue weighted by molar-refractivity contribution is 5.97. The van der Waals surface area contributed by atoms with Crippen molar-refractivity contribution in [3.8, 4) is 11.5 Å². The van der Waals surface area contributed by atoms with E-state index in [1.165, 1.54) is 0 Å². The number of amides is 1. The molecule has 0 bridgehead atoms. The van der Waals surface area contributed by atoms with E-state index in [1.54, 1.807) is 0 Å². The highest BCUT2D eigenvalue weighted by atomic mass is 16.5. The number of fused-ring (bicyclic) bond motifs is 1. The number of piperazine rings is 1. The van der Waals surface area contributed by atoms with Gasteiger partial charge in [-0.15, -0.1) is 0 Å². The minimum absolute atomic E-state index is 0.116. The fourth-order valence-electron chi connectivity index (χ4n) is 4.67. The Morgan fingerprint density at radius 3 is 2.24 bits per heavy atom. The van der Waals surface area contributed by atoms with Gasteiger partial charge in [0.2, 0.25) is 5.91 Å². The van der Waals surface area contributed by atoms with Crippen molar-refractivity contribution < 1.29 is 14.3 Å². The Hall–Kier alpha value is -3.35. The summed E-state index contributed by atoms with van der Waals surface area (Å²) in [5, 5.41) is 0. The fraction of sp³-hybridized carbons (Fsp3) is 0.321. The van der Waals surface area contributed by atoms with E-state index in [0.717, 1.165) is 55.5 Å². The molecule has 6 heteroatoms. The van der Waals surface area contributed by atoms with Crippen molar-refractivity contribution in [2.75, 3.05) is 57.4 Å². The lowest BCUT2D eigenvalue weighted by atomic mass is 10.0. The Labute approximate surface area is 201 Å². The summed E-state index contributed by atoms with van der Waals surface area (Å²) in [6.07, 6.45) is 0. The number of anilines is 1. The Morgan fingerprint density at radius 2 is 1.47 bits per heavy atom. The van der Waals surface area contributed by atoms with Gasteiger partial charge in [0, 0.05) is 32.7 Å². The lowest BCUT2D eigenvalue weighted by molar-refractivity contribution is -0.121. The molecule has 0 aromatic heterocycles. The summed E-state index contributed by atoms with van der Waals surface area (Å²) in [6.45, 7) is 6.06. The number of carbonyl (C=O) groups excluding carboxylic acids is 1. The monoisotopic (exact) mass is 457 g/mol. The van der Waals surface area contributed by atoms with Crippen LogP contribution in [0.1, 0.15) is 11.6 Å². The first-order valence-electron chi connectivity index (χ1n) is 12.0.